The lowest BCUT2D eigenvalue weighted by molar-refractivity contribution is -0.142. The van der Waals surface area contributed by atoms with Crippen LogP contribution in [-0.4, -0.2) is 77.3 Å². The predicted octanol–water partition coefficient (Wildman–Crippen LogP) is 0.991. The maximum absolute atomic E-state index is 13.2. The van der Waals surface area contributed by atoms with Gasteiger partial charge >= 0.3 is 0 Å². The molecule has 2 saturated heterocycles. The van der Waals surface area contributed by atoms with Gasteiger partial charge in [-0.3, -0.25) is 14.5 Å². The van der Waals surface area contributed by atoms with Gasteiger partial charge in [-0.1, -0.05) is 6.07 Å². The fourth-order valence-corrected chi connectivity index (χ4v) is 3.49. The molecule has 0 bridgehead atoms. The van der Waals surface area contributed by atoms with Crippen molar-refractivity contribution in [2.75, 3.05) is 39.8 Å². The van der Waals surface area contributed by atoms with E-state index < -0.39 is 5.82 Å². The third kappa shape index (κ3) is 3.70. The number of halogens is 1. The zero-order valence-electron chi connectivity index (χ0n) is 15.5. The summed E-state index contributed by atoms with van der Waals surface area (Å²) in [6.07, 6.45) is 1.29. The summed E-state index contributed by atoms with van der Waals surface area (Å²) in [7, 11) is 1.78. The van der Waals surface area contributed by atoms with Crippen LogP contribution in [0, 0.1) is 5.82 Å². The van der Waals surface area contributed by atoms with Crippen LogP contribution in [-0.2, 0) is 11.4 Å². The summed E-state index contributed by atoms with van der Waals surface area (Å²) in [5.41, 5.74) is 0.169. The van der Waals surface area contributed by atoms with Crippen LogP contribution in [0.3, 0.4) is 0 Å². The third-order valence-corrected chi connectivity index (χ3v) is 5.09. The molecular formula is C19H21FN4O4. The van der Waals surface area contributed by atoms with Crippen molar-refractivity contribution in [3.63, 3.8) is 0 Å². The van der Waals surface area contributed by atoms with E-state index in [-0.39, 0.29) is 36.0 Å². The molecule has 28 heavy (non-hydrogen) atoms. The summed E-state index contributed by atoms with van der Waals surface area (Å²) < 4.78 is 23.9. The van der Waals surface area contributed by atoms with Gasteiger partial charge in [0.05, 0.1) is 0 Å². The first-order valence-electron chi connectivity index (χ1n) is 9.12. The van der Waals surface area contributed by atoms with Gasteiger partial charge in [-0.15, -0.1) is 0 Å². The number of amides is 2. The number of carbonyl (C=O) groups excluding carboxylic acids is 2. The molecular weight excluding hydrogens is 367 g/mol. The third-order valence-electron chi connectivity index (χ3n) is 5.09. The molecule has 1 atom stereocenters. The van der Waals surface area contributed by atoms with E-state index in [1.54, 1.807) is 29.0 Å². The molecule has 2 aliphatic rings. The molecule has 4 rings (SSSR count). The number of aromatic nitrogens is 1. The van der Waals surface area contributed by atoms with E-state index in [0.29, 0.717) is 31.9 Å². The Morgan fingerprint density at radius 3 is 2.96 bits per heavy atom. The van der Waals surface area contributed by atoms with Crippen molar-refractivity contribution in [3.05, 3.63) is 47.9 Å². The van der Waals surface area contributed by atoms with E-state index in [0.717, 1.165) is 6.54 Å². The molecule has 2 aliphatic heterocycles. The lowest BCUT2D eigenvalue weighted by Crippen LogP contribution is -2.64. The van der Waals surface area contributed by atoms with E-state index in [1.807, 2.05) is 0 Å². The summed E-state index contributed by atoms with van der Waals surface area (Å²) >= 11 is 0. The molecule has 0 unspecified atom stereocenters. The van der Waals surface area contributed by atoms with E-state index in [9.17, 15) is 14.0 Å². The molecule has 2 aromatic rings. The molecule has 0 radical (unpaired) electrons. The van der Waals surface area contributed by atoms with Gasteiger partial charge in [0.15, 0.2) is 12.3 Å². The number of carbonyl (C=O) groups is 2. The number of ether oxygens (including phenoxy) is 1. The minimum absolute atomic E-state index is 0.0174. The predicted molar refractivity (Wildman–Crippen MR) is 96.1 cm³/mol. The topological polar surface area (TPSA) is 79.1 Å². The van der Waals surface area contributed by atoms with Crippen LogP contribution in [0.25, 0.3) is 0 Å². The van der Waals surface area contributed by atoms with Gasteiger partial charge in [-0.25, -0.2) is 9.37 Å². The van der Waals surface area contributed by atoms with Crippen molar-refractivity contribution in [3.8, 4) is 5.75 Å². The Labute approximate surface area is 161 Å². The first-order valence-corrected chi connectivity index (χ1v) is 9.12. The van der Waals surface area contributed by atoms with Crippen LogP contribution in [0.5, 0.6) is 5.75 Å². The lowest BCUT2D eigenvalue weighted by Gasteiger charge is -2.45. The van der Waals surface area contributed by atoms with Crippen LogP contribution >= 0.6 is 0 Å². The number of nitrogens with zero attached hydrogens (tertiary/aromatic N) is 4. The number of hydrogen-bond donors (Lipinski definition) is 0. The highest BCUT2D eigenvalue weighted by molar-refractivity contribution is 5.93. The second-order valence-corrected chi connectivity index (χ2v) is 6.94. The summed E-state index contributed by atoms with van der Waals surface area (Å²) in [4.78, 5) is 34.8. The maximum Gasteiger partial charge on any atom is 0.275 e. The minimum atomic E-state index is -0.400. The molecule has 2 fully saturated rings. The highest BCUT2D eigenvalue weighted by atomic mass is 19.1. The first-order chi connectivity index (χ1) is 13.5. The smallest absolute Gasteiger partial charge is 0.275 e. The monoisotopic (exact) mass is 388 g/mol. The van der Waals surface area contributed by atoms with E-state index in [1.165, 1.54) is 18.4 Å². The Kier molecular flexibility index (Phi) is 4.99. The zero-order valence-corrected chi connectivity index (χ0v) is 15.5. The van der Waals surface area contributed by atoms with E-state index in [4.69, 9.17) is 9.15 Å². The van der Waals surface area contributed by atoms with Gasteiger partial charge in [0.25, 0.3) is 5.91 Å². The highest BCUT2D eigenvalue weighted by Gasteiger charge is 2.39. The molecule has 148 valence electrons. The average molecular weight is 388 g/mol. The van der Waals surface area contributed by atoms with Crippen molar-refractivity contribution >= 4 is 11.8 Å². The Bertz CT molecular complexity index is 886. The molecule has 2 amide bonds. The zero-order chi connectivity index (χ0) is 19.7. The summed E-state index contributed by atoms with van der Waals surface area (Å²) in [5.74, 6) is -0.0702. The molecule has 1 aromatic heterocycles. The van der Waals surface area contributed by atoms with Gasteiger partial charge in [0.2, 0.25) is 11.8 Å². The van der Waals surface area contributed by atoms with Crippen LogP contribution < -0.4 is 4.74 Å². The number of benzene rings is 1. The van der Waals surface area contributed by atoms with Crippen molar-refractivity contribution < 1.29 is 23.1 Å². The van der Waals surface area contributed by atoms with Crippen LogP contribution in [0.1, 0.15) is 16.4 Å². The van der Waals surface area contributed by atoms with Crippen molar-refractivity contribution in [1.82, 2.24) is 19.7 Å². The van der Waals surface area contributed by atoms with Crippen molar-refractivity contribution in [2.24, 2.45) is 0 Å². The Hall–Kier alpha value is -2.94. The number of rotatable bonds is 4. The van der Waals surface area contributed by atoms with Gasteiger partial charge in [0, 0.05) is 45.8 Å². The Balaban J connectivity index is 1.38. The van der Waals surface area contributed by atoms with Gasteiger partial charge in [-0.2, -0.15) is 0 Å². The van der Waals surface area contributed by atoms with E-state index >= 15 is 0 Å². The fourth-order valence-electron chi connectivity index (χ4n) is 3.49. The van der Waals surface area contributed by atoms with Crippen molar-refractivity contribution in [1.29, 1.82) is 0 Å². The number of oxazole rings is 1. The SMILES string of the molecule is CN1CCN2CCN(C(=O)c3coc(COc4cccc(F)c4)n3)C[C@H]2C1=O. The fraction of sp³-hybridized carbons (Fsp3) is 0.421. The number of hydrogen-bond acceptors (Lipinski definition) is 6. The summed E-state index contributed by atoms with van der Waals surface area (Å²) in [6, 6.07) is 5.43. The Morgan fingerprint density at radius 1 is 1.32 bits per heavy atom. The van der Waals surface area contributed by atoms with E-state index in [2.05, 4.69) is 9.88 Å². The van der Waals surface area contributed by atoms with Gasteiger partial charge in [0.1, 0.15) is 23.9 Å². The second-order valence-electron chi connectivity index (χ2n) is 6.94. The van der Waals surface area contributed by atoms with Gasteiger partial charge < -0.3 is 19.0 Å². The lowest BCUT2D eigenvalue weighted by atomic mass is 10.1. The molecule has 0 aliphatic carbocycles. The van der Waals surface area contributed by atoms with Crippen LogP contribution in [0.15, 0.2) is 34.9 Å². The molecule has 8 nitrogen and oxygen atoms in total. The molecule has 3 heterocycles. The molecule has 0 spiro atoms. The molecule has 0 N–H and O–H groups in total. The first kappa shape index (κ1) is 18.4. The van der Waals surface area contributed by atoms with Crippen LogP contribution in [0.4, 0.5) is 4.39 Å². The maximum atomic E-state index is 13.2. The standard InChI is InChI=1S/C19H21FN4O4/c1-22-5-6-23-7-8-24(10-16(23)19(22)26)18(25)15-11-28-17(21-15)12-27-14-4-2-3-13(20)9-14/h2-4,9,11,16H,5-8,10,12H2,1H3/t16-/m0/s1. The van der Waals surface area contributed by atoms with Crippen LogP contribution in [0.2, 0.25) is 0 Å². The summed E-state index contributed by atoms with van der Waals surface area (Å²) in [5, 5.41) is 0. The molecule has 0 saturated carbocycles. The average Bonchev–Trinajstić information content (AvgIpc) is 3.18. The number of piperazine rings is 2. The molecule has 9 heteroatoms. The quantitative estimate of drug-likeness (QED) is 0.777. The van der Waals surface area contributed by atoms with Crippen molar-refractivity contribution in [2.45, 2.75) is 12.6 Å². The Morgan fingerprint density at radius 2 is 2.14 bits per heavy atom. The highest BCUT2D eigenvalue weighted by Crippen LogP contribution is 2.19. The number of likely N-dealkylation sites (N-methyl/N-ethyl adjacent to an activating group) is 1. The summed E-state index contributed by atoms with van der Waals surface area (Å²) in [6.45, 7) is 3.04. The largest absolute Gasteiger partial charge is 0.484 e. The normalized spacial score (nSPS) is 20.2. The minimum Gasteiger partial charge on any atom is -0.484 e. The number of fused-ring (bicyclic) bond motifs is 1. The second kappa shape index (κ2) is 7.59. The van der Waals surface area contributed by atoms with Gasteiger partial charge in [-0.05, 0) is 12.1 Å². The molecule has 1 aromatic carbocycles.